The van der Waals surface area contributed by atoms with E-state index in [1.54, 1.807) is 36.4 Å². The van der Waals surface area contributed by atoms with Crippen LogP contribution in [0.5, 0.6) is 17.2 Å². The maximum Gasteiger partial charge on any atom is 0.255 e. The van der Waals surface area contributed by atoms with E-state index in [1.807, 2.05) is 18.2 Å². The average Bonchev–Trinajstić information content (AvgIpc) is 2.72. The molecular formula is C22H18FNO4. The van der Waals surface area contributed by atoms with Gasteiger partial charge in [-0.2, -0.15) is 0 Å². The molecule has 0 spiro atoms. The van der Waals surface area contributed by atoms with Gasteiger partial charge in [0, 0.05) is 17.3 Å². The van der Waals surface area contributed by atoms with Crippen molar-refractivity contribution in [2.75, 3.05) is 18.5 Å². The number of hydrogen-bond donors (Lipinski definition) is 1. The maximum atomic E-state index is 13.2. The van der Waals surface area contributed by atoms with E-state index in [0.717, 1.165) is 5.56 Å². The van der Waals surface area contributed by atoms with E-state index in [1.165, 1.54) is 12.1 Å². The van der Waals surface area contributed by atoms with E-state index in [4.69, 9.17) is 14.2 Å². The summed E-state index contributed by atoms with van der Waals surface area (Å²) in [5, 5.41) is 2.86. The molecule has 0 saturated heterocycles. The first-order chi connectivity index (χ1) is 13.7. The number of fused-ring (bicyclic) bond motifs is 1. The summed E-state index contributed by atoms with van der Waals surface area (Å²) >= 11 is 0. The standard InChI is InChI=1S/C22H18FNO4/c23-17-4-2-6-19(13-17)28-14-15-3-1-5-18(11-15)24-22(25)16-7-8-20-21(12-16)27-10-9-26-20/h1-8,11-13H,9-10,14H2,(H,24,25). The molecule has 0 radical (unpaired) electrons. The predicted octanol–water partition coefficient (Wildman–Crippen LogP) is 4.43. The second-order valence-electron chi connectivity index (χ2n) is 6.26. The number of rotatable bonds is 5. The molecular weight excluding hydrogens is 361 g/mol. The minimum absolute atomic E-state index is 0.250. The zero-order valence-electron chi connectivity index (χ0n) is 15.0. The predicted molar refractivity (Wildman–Crippen MR) is 103 cm³/mol. The van der Waals surface area contributed by atoms with Gasteiger partial charge in [0.1, 0.15) is 31.4 Å². The molecule has 0 atom stereocenters. The van der Waals surface area contributed by atoms with E-state index in [2.05, 4.69) is 5.32 Å². The van der Waals surface area contributed by atoms with Crippen LogP contribution in [0.1, 0.15) is 15.9 Å². The number of carbonyl (C=O) groups is 1. The number of carbonyl (C=O) groups excluding carboxylic acids is 1. The Morgan fingerprint density at radius 3 is 2.64 bits per heavy atom. The van der Waals surface area contributed by atoms with Crippen molar-refractivity contribution in [1.82, 2.24) is 0 Å². The molecule has 3 aromatic rings. The number of hydrogen-bond acceptors (Lipinski definition) is 4. The van der Waals surface area contributed by atoms with Crippen LogP contribution in [0.3, 0.4) is 0 Å². The zero-order valence-corrected chi connectivity index (χ0v) is 15.0. The van der Waals surface area contributed by atoms with Crippen LogP contribution in [0.2, 0.25) is 0 Å². The first kappa shape index (κ1) is 17.9. The lowest BCUT2D eigenvalue weighted by molar-refractivity contribution is 0.102. The van der Waals surface area contributed by atoms with Gasteiger partial charge in [-0.3, -0.25) is 4.79 Å². The fraction of sp³-hybridized carbons (Fsp3) is 0.136. The van der Waals surface area contributed by atoms with Gasteiger partial charge in [-0.15, -0.1) is 0 Å². The molecule has 0 bridgehead atoms. The number of benzene rings is 3. The van der Waals surface area contributed by atoms with Crippen molar-refractivity contribution in [2.45, 2.75) is 6.61 Å². The molecule has 142 valence electrons. The molecule has 1 aliphatic heterocycles. The minimum atomic E-state index is -0.349. The van der Waals surface area contributed by atoms with Crippen molar-refractivity contribution in [3.8, 4) is 17.2 Å². The lowest BCUT2D eigenvalue weighted by Crippen LogP contribution is -2.17. The van der Waals surface area contributed by atoms with Gasteiger partial charge >= 0.3 is 0 Å². The van der Waals surface area contributed by atoms with Gasteiger partial charge in [0.05, 0.1) is 0 Å². The van der Waals surface area contributed by atoms with Crippen molar-refractivity contribution in [3.05, 3.63) is 83.7 Å². The topological polar surface area (TPSA) is 56.8 Å². The highest BCUT2D eigenvalue weighted by Crippen LogP contribution is 2.31. The van der Waals surface area contributed by atoms with E-state index < -0.39 is 0 Å². The van der Waals surface area contributed by atoms with Crippen molar-refractivity contribution in [2.24, 2.45) is 0 Å². The Morgan fingerprint density at radius 2 is 1.79 bits per heavy atom. The van der Waals surface area contributed by atoms with Crippen LogP contribution in [0, 0.1) is 5.82 Å². The van der Waals surface area contributed by atoms with Gasteiger partial charge < -0.3 is 19.5 Å². The third-order valence-corrected chi connectivity index (χ3v) is 4.19. The van der Waals surface area contributed by atoms with Crippen molar-refractivity contribution in [3.63, 3.8) is 0 Å². The molecule has 0 aliphatic carbocycles. The van der Waals surface area contributed by atoms with Crippen molar-refractivity contribution in [1.29, 1.82) is 0 Å². The highest BCUT2D eigenvalue weighted by atomic mass is 19.1. The van der Waals surface area contributed by atoms with Gasteiger partial charge in [-0.1, -0.05) is 18.2 Å². The zero-order chi connectivity index (χ0) is 19.3. The van der Waals surface area contributed by atoms with E-state index in [-0.39, 0.29) is 18.3 Å². The molecule has 28 heavy (non-hydrogen) atoms. The summed E-state index contributed by atoms with van der Waals surface area (Å²) in [6.45, 7) is 1.23. The summed E-state index contributed by atoms with van der Waals surface area (Å²) in [7, 11) is 0. The smallest absolute Gasteiger partial charge is 0.255 e. The fourth-order valence-corrected chi connectivity index (χ4v) is 2.85. The lowest BCUT2D eigenvalue weighted by atomic mass is 10.1. The SMILES string of the molecule is O=C(Nc1cccc(COc2cccc(F)c2)c1)c1ccc2c(c1)OCCO2. The van der Waals surface area contributed by atoms with E-state index in [9.17, 15) is 9.18 Å². The number of halogens is 1. The molecule has 3 aromatic carbocycles. The second kappa shape index (κ2) is 8.00. The monoisotopic (exact) mass is 379 g/mol. The summed E-state index contributed by atoms with van der Waals surface area (Å²) in [5.41, 5.74) is 1.97. The number of anilines is 1. The lowest BCUT2D eigenvalue weighted by Gasteiger charge is -2.18. The van der Waals surface area contributed by atoms with E-state index >= 15 is 0 Å². The summed E-state index contributed by atoms with van der Waals surface area (Å²) in [5.74, 6) is 1.05. The molecule has 5 nitrogen and oxygen atoms in total. The summed E-state index contributed by atoms with van der Waals surface area (Å²) in [4.78, 5) is 12.5. The summed E-state index contributed by atoms with van der Waals surface area (Å²) < 4.78 is 29.8. The largest absolute Gasteiger partial charge is 0.489 e. The third-order valence-electron chi connectivity index (χ3n) is 4.19. The van der Waals surface area contributed by atoms with Gasteiger partial charge in [-0.25, -0.2) is 4.39 Å². The first-order valence-corrected chi connectivity index (χ1v) is 8.86. The highest BCUT2D eigenvalue weighted by molar-refractivity contribution is 6.04. The van der Waals surface area contributed by atoms with Crippen LogP contribution in [0.4, 0.5) is 10.1 Å². The van der Waals surface area contributed by atoms with E-state index in [0.29, 0.717) is 41.7 Å². The molecule has 1 aliphatic rings. The Morgan fingerprint density at radius 1 is 0.964 bits per heavy atom. The van der Waals surface area contributed by atoms with Crippen molar-refractivity contribution < 1.29 is 23.4 Å². The second-order valence-corrected chi connectivity index (χ2v) is 6.26. The summed E-state index contributed by atoms with van der Waals surface area (Å²) in [6, 6.07) is 18.4. The first-order valence-electron chi connectivity index (χ1n) is 8.86. The molecule has 0 unspecified atom stereocenters. The molecule has 0 saturated carbocycles. The number of ether oxygens (including phenoxy) is 3. The quantitative estimate of drug-likeness (QED) is 0.713. The highest BCUT2D eigenvalue weighted by Gasteiger charge is 2.15. The van der Waals surface area contributed by atoms with Crippen LogP contribution in [-0.2, 0) is 6.61 Å². The molecule has 6 heteroatoms. The molecule has 1 N–H and O–H groups in total. The molecule has 1 heterocycles. The Hall–Kier alpha value is -3.54. The fourth-order valence-electron chi connectivity index (χ4n) is 2.85. The van der Waals surface area contributed by atoms with Crippen LogP contribution >= 0.6 is 0 Å². The van der Waals surface area contributed by atoms with Crippen LogP contribution < -0.4 is 19.5 Å². The molecule has 4 rings (SSSR count). The molecule has 0 aromatic heterocycles. The van der Waals surface area contributed by atoms with Gasteiger partial charge in [0.25, 0.3) is 5.91 Å². The van der Waals surface area contributed by atoms with Gasteiger partial charge in [0.15, 0.2) is 11.5 Å². The third kappa shape index (κ3) is 4.23. The summed E-state index contributed by atoms with van der Waals surface area (Å²) in [6.07, 6.45) is 0. The minimum Gasteiger partial charge on any atom is -0.489 e. The molecule has 1 amide bonds. The molecule has 0 fully saturated rings. The Labute approximate surface area is 161 Å². The Bertz CT molecular complexity index is 1010. The number of nitrogens with one attached hydrogen (secondary N) is 1. The average molecular weight is 379 g/mol. The van der Waals surface area contributed by atoms with Gasteiger partial charge in [0.2, 0.25) is 0 Å². The van der Waals surface area contributed by atoms with Crippen molar-refractivity contribution >= 4 is 11.6 Å². The Balaban J connectivity index is 1.42. The van der Waals surface area contributed by atoms with Crippen LogP contribution in [-0.4, -0.2) is 19.1 Å². The maximum absolute atomic E-state index is 13.2. The Kier molecular flexibility index (Phi) is 5.10. The van der Waals surface area contributed by atoms with Crippen LogP contribution in [0.15, 0.2) is 66.7 Å². The van der Waals surface area contributed by atoms with Gasteiger partial charge in [-0.05, 0) is 48.0 Å². The van der Waals surface area contributed by atoms with Crippen LogP contribution in [0.25, 0.3) is 0 Å². The normalized spacial score (nSPS) is 12.3. The number of amides is 1.